The number of ether oxygens (including phenoxy) is 1. The van der Waals surface area contributed by atoms with Crippen LogP contribution in [0.25, 0.3) is 0 Å². The van der Waals surface area contributed by atoms with Crippen LogP contribution in [0.3, 0.4) is 0 Å². The van der Waals surface area contributed by atoms with E-state index >= 15 is 0 Å². The first-order chi connectivity index (χ1) is 7.58. The minimum atomic E-state index is -3.32. The van der Waals surface area contributed by atoms with Gasteiger partial charge < -0.3 is 10.5 Å². The Kier molecular flexibility index (Phi) is 3.16. The predicted molar refractivity (Wildman–Crippen MR) is 61.6 cm³/mol. The Morgan fingerprint density at radius 1 is 1.25 bits per heavy atom. The summed E-state index contributed by atoms with van der Waals surface area (Å²) in [6.45, 7) is 0.550. The Balaban J connectivity index is 1.97. The maximum atomic E-state index is 11.8. The average molecular weight is 241 g/mol. The fourth-order valence-corrected chi connectivity index (χ4v) is 2.35. The predicted octanol–water partition coefficient (Wildman–Crippen LogP) is 1.43. The number of benzene rings is 1. The lowest BCUT2D eigenvalue weighted by Crippen LogP contribution is -2.11. The highest BCUT2D eigenvalue weighted by atomic mass is 32.2. The fourth-order valence-electron chi connectivity index (χ4n) is 1.35. The summed E-state index contributed by atoms with van der Waals surface area (Å²) in [5.41, 5.74) is 6.05. The molecule has 1 aromatic rings. The van der Waals surface area contributed by atoms with Gasteiger partial charge in [0.1, 0.15) is 0 Å². The van der Waals surface area contributed by atoms with Crippen molar-refractivity contribution >= 4 is 15.5 Å². The van der Waals surface area contributed by atoms with E-state index in [4.69, 9.17) is 10.5 Å². The van der Waals surface area contributed by atoms with E-state index in [1.807, 2.05) is 0 Å². The molecule has 0 radical (unpaired) electrons. The van der Waals surface area contributed by atoms with E-state index in [9.17, 15) is 8.42 Å². The Hall–Kier alpha value is -1.07. The van der Waals surface area contributed by atoms with Crippen LogP contribution in [0.5, 0.6) is 0 Å². The molecule has 5 heteroatoms. The van der Waals surface area contributed by atoms with Crippen LogP contribution in [-0.2, 0) is 14.6 Å². The summed E-state index contributed by atoms with van der Waals surface area (Å²) < 4.78 is 28.7. The van der Waals surface area contributed by atoms with Gasteiger partial charge in [0, 0.05) is 5.69 Å². The first-order valence-electron chi connectivity index (χ1n) is 5.24. The molecule has 0 saturated heterocycles. The van der Waals surface area contributed by atoms with Crippen molar-refractivity contribution in [3.63, 3.8) is 0 Å². The molecule has 0 unspecified atom stereocenters. The van der Waals surface area contributed by atoms with Gasteiger partial charge in [-0.2, -0.15) is 0 Å². The molecule has 0 bridgehead atoms. The zero-order valence-corrected chi connectivity index (χ0v) is 9.74. The van der Waals surface area contributed by atoms with Crippen LogP contribution in [0, 0.1) is 5.92 Å². The van der Waals surface area contributed by atoms with Gasteiger partial charge in [0.05, 0.1) is 11.5 Å². The molecule has 0 heterocycles. The van der Waals surface area contributed by atoms with Crippen LogP contribution in [-0.4, -0.2) is 21.0 Å². The Bertz CT molecular complexity index is 449. The van der Waals surface area contributed by atoms with E-state index < -0.39 is 9.84 Å². The maximum absolute atomic E-state index is 11.8. The van der Waals surface area contributed by atoms with E-state index in [-0.39, 0.29) is 10.8 Å². The topological polar surface area (TPSA) is 69.4 Å². The third kappa shape index (κ3) is 2.96. The number of nitrogens with two attached hydrogens (primary N) is 1. The van der Waals surface area contributed by atoms with Crippen molar-refractivity contribution in [1.29, 1.82) is 0 Å². The van der Waals surface area contributed by atoms with Crippen LogP contribution >= 0.6 is 0 Å². The van der Waals surface area contributed by atoms with Crippen molar-refractivity contribution < 1.29 is 13.2 Å². The van der Waals surface area contributed by atoms with E-state index in [0.29, 0.717) is 18.2 Å². The lowest BCUT2D eigenvalue weighted by Gasteiger charge is -2.05. The number of hydrogen-bond donors (Lipinski definition) is 1. The van der Waals surface area contributed by atoms with Crippen LogP contribution in [0.1, 0.15) is 12.8 Å². The van der Waals surface area contributed by atoms with E-state index in [1.165, 1.54) is 12.1 Å². The lowest BCUT2D eigenvalue weighted by atomic mass is 10.3. The molecule has 0 spiro atoms. The van der Waals surface area contributed by atoms with Crippen molar-refractivity contribution in [2.45, 2.75) is 17.7 Å². The first-order valence-corrected chi connectivity index (χ1v) is 6.89. The van der Waals surface area contributed by atoms with Crippen molar-refractivity contribution in [2.24, 2.45) is 5.92 Å². The molecule has 0 atom stereocenters. The summed E-state index contributed by atoms with van der Waals surface area (Å²) >= 11 is 0. The summed E-state index contributed by atoms with van der Waals surface area (Å²) in [7, 11) is -3.32. The number of sulfone groups is 1. The lowest BCUT2D eigenvalue weighted by molar-refractivity contribution is 0.165. The quantitative estimate of drug-likeness (QED) is 0.792. The third-order valence-electron chi connectivity index (χ3n) is 2.53. The van der Waals surface area contributed by atoms with Crippen molar-refractivity contribution in [2.75, 3.05) is 18.3 Å². The molecule has 2 rings (SSSR count). The van der Waals surface area contributed by atoms with E-state index in [0.717, 1.165) is 12.8 Å². The van der Waals surface area contributed by atoms with Crippen LogP contribution in [0.2, 0.25) is 0 Å². The summed E-state index contributed by atoms with van der Waals surface area (Å²) in [5.74, 6) is 0.328. The second-order valence-electron chi connectivity index (χ2n) is 4.12. The average Bonchev–Trinajstić information content (AvgIpc) is 3.02. The Morgan fingerprint density at radius 3 is 2.44 bits per heavy atom. The molecule has 4 nitrogen and oxygen atoms in total. The zero-order chi connectivity index (χ0) is 11.6. The van der Waals surface area contributed by atoms with Crippen molar-refractivity contribution in [1.82, 2.24) is 0 Å². The van der Waals surface area contributed by atoms with Gasteiger partial charge in [-0.25, -0.2) is 8.42 Å². The Morgan fingerprint density at radius 2 is 1.88 bits per heavy atom. The zero-order valence-electron chi connectivity index (χ0n) is 8.93. The summed E-state index contributed by atoms with van der Waals surface area (Å²) in [4.78, 5) is 0.262. The van der Waals surface area contributed by atoms with Gasteiger partial charge in [0.25, 0.3) is 0 Å². The maximum Gasteiger partial charge on any atom is 0.202 e. The van der Waals surface area contributed by atoms with E-state index in [1.54, 1.807) is 12.1 Å². The first kappa shape index (κ1) is 11.4. The van der Waals surface area contributed by atoms with Gasteiger partial charge in [-0.05, 0) is 43.0 Å². The number of rotatable bonds is 5. The van der Waals surface area contributed by atoms with Gasteiger partial charge >= 0.3 is 0 Å². The highest BCUT2D eigenvalue weighted by molar-refractivity contribution is 7.91. The molecule has 2 N–H and O–H groups in total. The molecule has 88 valence electrons. The summed E-state index contributed by atoms with van der Waals surface area (Å²) in [6.07, 6.45) is 2.31. The number of hydrogen-bond acceptors (Lipinski definition) is 4. The second kappa shape index (κ2) is 4.43. The summed E-state index contributed by atoms with van der Waals surface area (Å²) in [6, 6.07) is 6.16. The number of nitrogen functional groups attached to an aromatic ring is 1. The van der Waals surface area contributed by atoms with Gasteiger partial charge in [0.15, 0.2) is 5.94 Å². The molecular weight excluding hydrogens is 226 g/mol. The van der Waals surface area contributed by atoms with Crippen LogP contribution < -0.4 is 5.73 Å². The minimum Gasteiger partial charge on any atom is -0.399 e. The van der Waals surface area contributed by atoms with Gasteiger partial charge in [0.2, 0.25) is 9.84 Å². The van der Waals surface area contributed by atoms with Gasteiger partial charge in [-0.3, -0.25) is 0 Å². The monoisotopic (exact) mass is 241 g/mol. The van der Waals surface area contributed by atoms with Crippen LogP contribution in [0.15, 0.2) is 29.2 Å². The Labute approximate surface area is 95.3 Å². The normalized spacial score (nSPS) is 16.2. The molecule has 0 aromatic heterocycles. The molecular formula is C11H15NO3S. The highest BCUT2D eigenvalue weighted by Crippen LogP contribution is 2.29. The van der Waals surface area contributed by atoms with Crippen molar-refractivity contribution in [3.8, 4) is 0 Å². The second-order valence-corrected chi connectivity index (χ2v) is 6.05. The smallest absolute Gasteiger partial charge is 0.202 e. The van der Waals surface area contributed by atoms with E-state index in [2.05, 4.69) is 0 Å². The largest absolute Gasteiger partial charge is 0.399 e. The molecule has 16 heavy (non-hydrogen) atoms. The van der Waals surface area contributed by atoms with Gasteiger partial charge in [-0.1, -0.05) is 0 Å². The highest BCUT2D eigenvalue weighted by Gasteiger charge is 2.23. The molecule has 1 aliphatic carbocycles. The molecule has 0 aliphatic heterocycles. The molecule has 1 aromatic carbocycles. The summed E-state index contributed by atoms with van der Waals surface area (Å²) in [5, 5.41) is 0. The van der Waals surface area contributed by atoms with Gasteiger partial charge in [-0.15, -0.1) is 0 Å². The van der Waals surface area contributed by atoms with Crippen LogP contribution in [0.4, 0.5) is 5.69 Å². The van der Waals surface area contributed by atoms with Crippen molar-refractivity contribution in [3.05, 3.63) is 24.3 Å². The molecule has 1 fully saturated rings. The molecule has 0 amide bonds. The minimum absolute atomic E-state index is 0.243. The number of anilines is 1. The third-order valence-corrected chi connectivity index (χ3v) is 4.00. The standard InChI is InChI=1S/C11H15NO3S/c12-10-3-5-11(6-4-10)16(13,14)8-15-7-9-1-2-9/h3-6,9H,1-2,7-8,12H2. The molecule has 1 aliphatic rings. The molecule has 1 saturated carbocycles. The fraction of sp³-hybridized carbons (Fsp3) is 0.455. The SMILES string of the molecule is Nc1ccc(S(=O)(=O)COCC2CC2)cc1.